The van der Waals surface area contributed by atoms with Gasteiger partial charge in [-0.25, -0.2) is 9.37 Å². The van der Waals surface area contributed by atoms with Crippen LogP contribution >= 0.6 is 0 Å². The fourth-order valence-electron chi connectivity index (χ4n) is 3.23. The number of morpholine rings is 1. The highest BCUT2D eigenvalue weighted by Gasteiger charge is 2.24. The summed E-state index contributed by atoms with van der Waals surface area (Å²) in [6, 6.07) is 7.98. The van der Waals surface area contributed by atoms with E-state index in [1.165, 1.54) is 6.07 Å². The van der Waals surface area contributed by atoms with Gasteiger partial charge in [0.25, 0.3) is 5.91 Å². The molecule has 1 amide bonds. The van der Waals surface area contributed by atoms with E-state index in [0.29, 0.717) is 36.6 Å². The van der Waals surface area contributed by atoms with Crippen LogP contribution in [-0.4, -0.2) is 42.8 Å². The van der Waals surface area contributed by atoms with E-state index in [4.69, 9.17) is 9.47 Å². The molecule has 1 N–H and O–H groups in total. The first-order valence-corrected chi connectivity index (χ1v) is 9.07. The number of halogens is 1. The third kappa shape index (κ3) is 4.54. The number of pyridine rings is 1. The molecule has 1 fully saturated rings. The van der Waals surface area contributed by atoms with Crippen LogP contribution in [-0.2, 0) is 4.74 Å². The number of benzene rings is 1. The average Bonchev–Trinajstić information content (AvgIpc) is 2.61. The highest BCUT2D eigenvalue weighted by Crippen LogP contribution is 2.26. The highest BCUT2D eigenvalue weighted by molar-refractivity contribution is 6.05. The summed E-state index contributed by atoms with van der Waals surface area (Å²) in [4.78, 5) is 18.5. The third-order valence-corrected chi connectivity index (χ3v) is 4.26. The lowest BCUT2D eigenvalue weighted by molar-refractivity contribution is -0.00539. The molecule has 0 saturated carbocycles. The summed E-state index contributed by atoms with van der Waals surface area (Å²) in [5.41, 5.74) is 1.19. The Balaban J connectivity index is 1.75. The van der Waals surface area contributed by atoms with Crippen molar-refractivity contribution in [2.45, 2.75) is 33.0 Å². The van der Waals surface area contributed by atoms with E-state index in [0.717, 1.165) is 0 Å². The normalized spacial score (nSPS) is 19.6. The zero-order valence-corrected chi connectivity index (χ0v) is 15.7. The molecular weight excluding hydrogens is 349 g/mol. The molecule has 1 saturated heterocycles. The van der Waals surface area contributed by atoms with Gasteiger partial charge in [-0.1, -0.05) is 0 Å². The number of hydrogen-bond acceptors (Lipinski definition) is 5. The summed E-state index contributed by atoms with van der Waals surface area (Å²) in [5, 5.41) is 2.70. The van der Waals surface area contributed by atoms with Crippen molar-refractivity contribution < 1.29 is 18.7 Å². The van der Waals surface area contributed by atoms with Crippen LogP contribution in [0.3, 0.4) is 0 Å². The van der Waals surface area contributed by atoms with Gasteiger partial charge in [0.15, 0.2) is 0 Å². The van der Waals surface area contributed by atoms with Gasteiger partial charge >= 0.3 is 0 Å². The molecular formula is C20H24FN3O3. The number of aromatic nitrogens is 1. The van der Waals surface area contributed by atoms with Crippen LogP contribution in [0, 0.1) is 5.82 Å². The number of amides is 1. The standard InChI is InChI=1S/C20H24FN3O3/c1-4-26-20-16(6-5-9-22-20)19(25)23-15-7-8-18(17(21)10-15)24-11-13(2)27-14(3)12-24/h5-10,13-14H,4,11-12H2,1-3H3,(H,23,25). The molecule has 2 heterocycles. The SMILES string of the molecule is CCOc1ncccc1C(=O)Nc1ccc(N2CC(C)OC(C)C2)c(F)c1. The van der Waals surface area contributed by atoms with Crippen LogP contribution in [0.2, 0.25) is 0 Å². The van der Waals surface area contributed by atoms with Crippen molar-refractivity contribution in [1.29, 1.82) is 0 Å². The molecule has 27 heavy (non-hydrogen) atoms. The van der Waals surface area contributed by atoms with Gasteiger partial charge in [0.1, 0.15) is 11.4 Å². The van der Waals surface area contributed by atoms with E-state index in [2.05, 4.69) is 10.3 Å². The molecule has 3 rings (SSSR count). The predicted molar refractivity (Wildman–Crippen MR) is 102 cm³/mol. The second kappa shape index (κ2) is 8.35. The minimum absolute atomic E-state index is 0.0371. The maximum Gasteiger partial charge on any atom is 0.261 e. The highest BCUT2D eigenvalue weighted by atomic mass is 19.1. The molecule has 0 spiro atoms. The molecule has 1 aromatic carbocycles. The van der Waals surface area contributed by atoms with Gasteiger partial charge in [0, 0.05) is 25.0 Å². The van der Waals surface area contributed by atoms with Gasteiger partial charge in [-0.05, 0) is 51.1 Å². The maximum absolute atomic E-state index is 14.7. The molecule has 144 valence electrons. The summed E-state index contributed by atoms with van der Waals surface area (Å²) < 4.78 is 25.7. The van der Waals surface area contributed by atoms with E-state index in [1.54, 1.807) is 30.5 Å². The Morgan fingerprint density at radius 3 is 2.74 bits per heavy atom. The lowest BCUT2D eigenvalue weighted by atomic mass is 10.1. The predicted octanol–water partition coefficient (Wildman–Crippen LogP) is 3.49. The quantitative estimate of drug-likeness (QED) is 0.869. The fraction of sp³-hybridized carbons (Fsp3) is 0.400. The topological polar surface area (TPSA) is 63.7 Å². The Labute approximate surface area is 158 Å². The van der Waals surface area contributed by atoms with Gasteiger partial charge in [-0.2, -0.15) is 0 Å². The minimum Gasteiger partial charge on any atom is -0.477 e. The Hall–Kier alpha value is -2.67. The van der Waals surface area contributed by atoms with Gasteiger partial charge in [-0.15, -0.1) is 0 Å². The summed E-state index contributed by atoms with van der Waals surface area (Å²) in [5.74, 6) is -0.525. The lowest BCUT2D eigenvalue weighted by Crippen LogP contribution is -2.45. The second-order valence-electron chi connectivity index (χ2n) is 6.57. The second-order valence-corrected chi connectivity index (χ2v) is 6.57. The van der Waals surface area contributed by atoms with Crippen molar-refractivity contribution in [3.63, 3.8) is 0 Å². The van der Waals surface area contributed by atoms with Gasteiger partial charge in [0.05, 0.1) is 24.5 Å². The first-order valence-electron chi connectivity index (χ1n) is 9.07. The molecule has 0 aliphatic carbocycles. The number of carbonyl (C=O) groups is 1. The Kier molecular flexibility index (Phi) is 5.91. The van der Waals surface area contributed by atoms with Crippen LogP contribution in [0.25, 0.3) is 0 Å². The molecule has 1 aliphatic heterocycles. The number of nitrogens with one attached hydrogen (secondary N) is 1. The molecule has 7 heteroatoms. The zero-order chi connectivity index (χ0) is 19.4. The Morgan fingerprint density at radius 1 is 1.33 bits per heavy atom. The van der Waals surface area contributed by atoms with Crippen LogP contribution in [0.1, 0.15) is 31.1 Å². The summed E-state index contributed by atoms with van der Waals surface area (Å²) in [7, 11) is 0. The van der Waals surface area contributed by atoms with Crippen molar-refractivity contribution >= 4 is 17.3 Å². The number of ether oxygens (including phenoxy) is 2. The molecule has 2 unspecified atom stereocenters. The Morgan fingerprint density at radius 2 is 2.07 bits per heavy atom. The number of anilines is 2. The van der Waals surface area contributed by atoms with E-state index in [1.807, 2.05) is 25.7 Å². The summed E-state index contributed by atoms with van der Waals surface area (Å²) in [6.07, 6.45) is 1.63. The van der Waals surface area contributed by atoms with E-state index < -0.39 is 5.91 Å². The van der Waals surface area contributed by atoms with E-state index >= 15 is 0 Å². The summed E-state index contributed by atoms with van der Waals surface area (Å²) in [6.45, 7) is 7.41. The molecule has 1 aromatic heterocycles. The number of carbonyl (C=O) groups excluding carboxylic acids is 1. The van der Waals surface area contributed by atoms with E-state index in [9.17, 15) is 9.18 Å². The largest absolute Gasteiger partial charge is 0.477 e. The van der Waals surface area contributed by atoms with E-state index in [-0.39, 0.29) is 23.9 Å². The van der Waals surface area contributed by atoms with Crippen LogP contribution < -0.4 is 15.0 Å². The molecule has 1 aliphatic rings. The Bertz CT molecular complexity index is 805. The van der Waals surface area contributed by atoms with Crippen LogP contribution in [0.15, 0.2) is 36.5 Å². The van der Waals surface area contributed by atoms with Gasteiger partial charge < -0.3 is 19.7 Å². The lowest BCUT2D eigenvalue weighted by Gasteiger charge is -2.37. The van der Waals surface area contributed by atoms with Gasteiger partial charge in [-0.3, -0.25) is 4.79 Å². The smallest absolute Gasteiger partial charge is 0.261 e. The van der Waals surface area contributed by atoms with Crippen molar-refractivity contribution in [3.05, 3.63) is 47.9 Å². The zero-order valence-electron chi connectivity index (χ0n) is 15.7. The van der Waals surface area contributed by atoms with Crippen molar-refractivity contribution in [1.82, 2.24) is 4.98 Å². The third-order valence-electron chi connectivity index (χ3n) is 4.26. The molecule has 0 radical (unpaired) electrons. The first kappa shape index (κ1) is 19.1. The average molecular weight is 373 g/mol. The fourth-order valence-corrected chi connectivity index (χ4v) is 3.23. The number of hydrogen-bond donors (Lipinski definition) is 1. The molecule has 2 atom stereocenters. The van der Waals surface area contributed by atoms with Crippen molar-refractivity contribution in [2.75, 3.05) is 29.9 Å². The molecule has 6 nitrogen and oxygen atoms in total. The molecule has 0 bridgehead atoms. The monoisotopic (exact) mass is 373 g/mol. The maximum atomic E-state index is 14.7. The number of nitrogens with zero attached hydrogens (tertiary/aromatic N) is 2. The van der Waals surface area contributed by atoms with Crippen molar-refractivity contribution in [3.8, 4) is 5.88 Å². The van der Waals surface area contributed by atoms with Crippen LogP contribution in [0.5, 0.6) is 5.88 Å². The first-order chi connectivity index (χ1) is 13.0. The van der Waals surface area contributed by atoms with Gasteiger partial charge in [0.2, 0.25) is 5.88 Å². The minimum atomic E-state index is -0.396. The number of rotatable bonds is 5. The van der Waals surface area contributed by atoms with Crippen LogP contribution in [0.4, 0.5) is 15.8 Å². The summed E-state index contributed by atoms with van der Waals surface area (Å²) >= 11 is 0. The molecule has 2 aromatic rings. The van der Waals surface area contributed by atoms with Crippen molar-refractivity contribution in [2.24, 2.45) is 0 Å².